The maximum atomic E-state index is 14.0. The van der Waals surface area contributed by atoms with Gasteiger partial charge in [0.15, 0.2) is 0 Å². The summed E-state index contributed by atoms with van der Waals surface area (Å²) >= 11 is 0. The van der Waals surface area contributed by atoms with Crippen molar-refractivity contribution in [2.24, 2.45) is 0 Å². The van der Waals surface area contributed by atoms with Crippen molar-refractivity contribution in [2.75, 3.05) is 4.90 Å². The highest BCUT2D eigenvalue weighted by Crippen LogP contribution is 2.42. The molecule has 6 heteroatoms. The van der Waals surface area contributed by atoms with E-state index in [0.29, 0.717) is 11.1 Å². The second-order valence-corrected chi connectivity index (χ2v) is 7.46. The van der Waals surface area contributed by atoms with Crippen LogP contribution in [0.5, 0.6) is 0 Å². The van der Waals surface area contributed by atoms with Gasteiger partial charge in [-0.1, -0.05) is 54.6 Å². The molecule has 1 fully saturated rings. The molecular weight excluding hydrogens is 407 g/mol. The molecule has 3 aromatic carbocycles. The number of aromatic nitrogens is 1. The number of Topliss-reactive ketones (excluding diaryl/α,β-unsaturated/α-hetero) is 1. The minimum Gasteiger partial charge on any atom is -0.507 e. The fraction of sp³-hybridized carbons (Fsp3) is 0.0385. The van der Waals surface area contributed by atoms with Crippen molar-refractivity contribution in [3.63, 3.8) is 0 Å². The number of ketones is 1. The molecule has 0 saturated carbocycles. The van der Waals surface area contributed by atoms with E-state index in [0.717, 1.165) is 10.8 Å². The number of carbonyl (C=O) groups is 2. The van der Waals surface area contributed by atoms with Crippen LogP contribution in [-0.2, 0) is 9.59 Å². The molecule has 1 N–H and O–H groups in total. The molecule has 0 spiro atoms. The normalized spacial score (nSPS) is 17.8. The molecule has 4 aromatic rings. The molecule has 1 unspecified atom stereocenters. The Balaban J connectivity index is 1.78. The molecule has 1 aliphatic heterocycles. The van der Waals surface area contributed by atoms with Gasteiger partial charge in [-0.05, 0) is 40.6 Å². The molecule has 0 radical (unpaired) electrons. The van der Waals surface area contributed by atoms with Crippen LogP contribution in [0, 0.1) is 5.82 Å². The monoisotopic (exact) mass is 424 g/mol. The van der Waals surface area contributed by atoms with Gasteiger partial charge in [-0.2, -0.15) is 0 Å². The molecule has 1 saturated heterocycles. The molecule has 0 bridgehead atoms. The van der Waals surface area contributed by atoms with Gasteiger partial charge in [0.25, 0.3) is 11.7 Å². The van der Waals surface area contributed by atoms with Gasteiger partial charge in [0.05, 0.1) is 11.6 Å². The highest BCUT2D eigenvalue weighted by Gasteiger charge is 2.47. The van der Waals surface area contributed by atoms with Crippen LogP contribution < -0.4 is 4.90 Å². The number of anilines is 1. The summed E-state index contributed by atoms with van der Waals surface area (Å²) in [5.74, 6) is -2.50. The quantitative estimate of drug-likeness (QED) is 0.285. The summed E-state index contributed by atoms with van der Waals surface area (Å²) in [5.41, 5.74) is 1.12. The van der Waals surface area contributed by atoms with Crippen LogP contribution >= 0.6 is 0 Å². The van der Waals surface area contributed by atoms with Crippen molar-refractivity contribution in [2.45, 2.75) is 6.04 Å². The first-order valence-corrected chi connectivity index (χ1v) is 10.0. The van der Waals surface area contributed by atoms with Crippen LogP contribution in [0.4, 0.5) is 10.1 Å². The first-order chi connectivity index (χ1) is 15.6. The number of hydrogen-bond donors (Lipinski definition) is 1. The fourth-order valence-electron chi connectivity index (χ4n) is 4.15. The Morgan fingerprint density at radius 2 is 1.72 bits per heavy atom. The van der Waals surface area contributed by atoms with Crippen molar-refractivity contribution in [3.8, 4) is 0 Å². The standard InChI is InChI=1S/C26H17FN2O3/c27-18-9-4-10-19(14-18)29-23(17-8-5-13-28-15-17)22(25(31)26(29)32)24(30)21-12-3-7-16-6-1-2-11-20(16)21/h1-15,23,30H/b24-22-. The van der Waals surface area contributed by atoms with Gasteiger partial charge in [0.1, 0.15) is 11.6 Å². The molecule has 0 aliphatic carbocycles. The van der Waals surface area contributed by atoms with Gasteiger partial charge >= 0.3 is 0 Å². The lowest BCUT2D eigenvalue weighted by Crippen LogP contribution is -2.29. The summed E-state index contributed by atoms with van der Waals surface area (Å²) in [5, 5.41) is 13.0. The first kappa shape index (κ1) is 19.6. The molecule has 1 atom stereocenters. The molecule has 1 amide bonds. The number of aliphatic hydroxyl groups excluding tert-OH is 1. The zero-order valence-electron chi connectivity index (χ0n) is 16.8. The van der Waals surface area contributed by atoms with Gasteiger partial charge in [0, 0.05) is 23.6 Å². The van der Waals surface area contributed by atoms with E-state index in [2.05, 4.69) is 4.98 Å². The maximum Gasteiger partial charge on any atom is 0.300 e. The number of carbonyl (C=O) groups excluding carboxylic acids is 2. The van der Waals surface area contributed by atoms with Crippen molar-refractivity contribution in [1.29, 1.82) is 0 Å². The summed E-state index contributed by atoms with van der Waals surface area (Å²) < 4.78 is 14.0. The number of nitrogens with zero attached hydrogens (tertiary/aromatic N) is 2. The minimum absolute atomic E-state index is 0.0661. The van der Waals surface area contributed by atoms with Crippen molar-refractivity contribution >= 4 is 33.9 Å². The number of benzene rings is 3. The third-order valence-corrected chi connectivity index (χ3v) is 5.58. The Labute approximate surface area is 183 Å². The SMILES string of the molecule is O=C1C(=O)N(c2cccc(F)c2)C(c2cccnc2)/C1=C(/O)c1cccc2ccccc12. The zero-order chi connectivity index (χ0) is 22.2. The molecule has 1 aromatic heterocycles. The van der Waals surface area contributed by atoms with E-state index in [9.17, 15) is 19.1 Å². The number of fused-ring (bicyclic) bond motifs is 1. The van der Waals surface area contributed by atoms with Gasteiger partial charge < -0.3 is 5.11 Å². The highest BCUT2D eigenvalue weighted by molar-refractivity contribution is 6.51. The average Bonchev–Trinajstić information content (AvgIpc) is 3.09. The van der Waals surface area contributed by atoms with E-state index in [1.165, 1.54) is 29.3 Å². The Hall–Kier alpha value is -4.32. The van der Waals surface area contributed by atoms with E-state index in [4.69, 9.17) is 0 Å². The molecular formula is C26H17FN2O3. The second kappa shape index (κ2) is 7.74. The number of rotatable bonds is 3. The molecule has 2 heterocycles. The van der Waals surface area contributed by atoms with E-state index >= 15 is 0 Å². The van der Waals surface area contributed by atoms with Gasteiger partial charge in [-0.3, -0.25) is 19.5 Å². The van der Waals surface area contributed by atoms with Crippen LogP contribution in [-0.4, -0.2) is 21.8 Å². The number of pyridine rings is 1. The predicted octanol–water partition coefficient (Wildman–Crippen LogP) is 5.00. The summed E-state index contributed by atoms with van der Waals surface area (Å²) in [6.07, 6.45) is 3.10. The molecule has 5 rings (SSSR count). The third kappa shape index (κ3) is 3.13. The van der Waals surface area contributed by atoms with Crippen molar-refractivity contribution < 1.29 is 19.1 Å². The zero-order valence-corrected chi connectivity index (χ0v) is 16.8. The fourth-order valence-corrected chi connectivity index (χ4v) is 4.15. The number of aliphatic hydroxyl groups is 1. The lowest BCUT2D eigenvalue weighted by Gasteiger charge is -2.25. The Bertz CT molecular complexity index is 1390. The smallest absolute Gasteiger partial charge is 0.300 e. The molecule has 1 aliphatic rings. The topological polar surface area (TPSA) is 70.5 Å². The molecule has 32 heavy (non-hydrogen) atoms. The van der Waals surface area contributed by atoms with E-state index in [-0.39, 0.29) is 17.0 Å². The summed E-state index contributed by atoms with van der Waals surface area (Å²) in [6.45, 7) is 0. The minimum atomic E-state index is -0.954. The lowest BCUT2D eigenvalue weighted by molar-refractivity contribution is -0.132. The summed E-state index contributed by atoms with van der Waals surface area (Å²) in [4.78, 5) is 31.6. The lowest BCUT2D eigenvalue weighted by atomic mass is 9.94. The maximum absolute atomic E-state index is 14.0. The number of halogens is 1. The van der Waals surface area contributed by atoms with E-state index in [1.807, 2.05) is 30.3 Å². The highest BCUT2D eigenvalue weighted by atomic mass is 19.1. The van der Waals surface area contributed by atoms with Crippen molar-refractivity contribution in [1.82, 2.24) is 4.98 Å². The van der Waals surface area contributed by atoms with Crippen LogP contribution in [0.2, 0.25) is 0 Å². The van der Waals surface area contributed by atoms with Crippen LogP contribution in [0.15, 0.2) is 96.8 Å². The summed E-state index contributed by atoms with van der Waals surface area (Å²) in [7, 11) is 0. The van der Waals surface area contributed by atoms with Crippen LogP contribution in [0.1, 0.15) is 17.2 Å². The number of amides is 1. The summed E-state index contributed by atoms with van der Waals surface area (Å²) in [6, 6.07) is 20.7. The Morgan fingerprint density at radius 1 is 0.938 bits per heavy atom. The van der Waals surface area contributed by atoms with Gasteiger partial charge in [-0.25, -0.2) is 4.39 Å². The van der Waals surface area contributed by atoms with Gasteiger partial charge in [0.2, 0.25) is 0 Å². The molecule has 5 nitrogen and oxygen atoms in total. The Kier molecular flexibility index (Phi) is 4.75. The van der Waals surface area contributed by atoms with E-state index in [1.54, 1.807) is 36.5 Å². The predicted molar refractivity (Wildman–Crippen MR) is 119 cm³/mol. The second-order valence-electron chi connectivity index (χ2n) is 7.46. The third-order valence-electron chi connectivity index (χ3n) is 5.58. The largest absolute Gasteiger partial charge is 0.507 e. The van der Waals surface area contributed by atoms with E-state index < -0.39 is 23.5 Å². The molecule has 156 valence electrons. The van der Waals surface area contributed by atoms with Crippen LogP contribution in [0.3, 0.4) is 0 Å². The van der Waals surface area contributed by atoms with Crippen molar-refractivity contribution in [3.05, 3.63) is 114 Å². The number of hydrogen-bond acceptors (Lipinski definition) is 4. The average molecular weight is 424 g/mol. The van der Waals surface area contributed by atoms with Crippen LogP contribution in [0.25, 0.3) is 16.5 Å². The Morgan fingerprint density at radius 3 is 2.50 bits per heavy atom. The van der Waals surface area contributed by atoms with Gasteiger partial charge in [-0.15, -0.1) is 0 Å². The first-order valence-electron chi connectivity index (χ1n) is 10.0.